The normalized spacial score (nSPS) is 24.2. The number of ether oxygens (including phenoxy) is 3. The standard InChI is InChI=1S/C11H12F3NO3/c12-11(13,14)18-8-3-1-2-7(4-8)10-16-6-9(5-15)17-10/h1-4,9-10H,5-6,15H2. The summed E-state index contributed by atoms with van der Waals surface area (Å²) in [6.45, 7) is 0.626. The maximum Gasteiger partial charge on any atom is 0.573 e. The molecule has 2 unspecified atom stereocenters. The fourth-order valence-electron chi connectivity index (χ4n) is 1.60. The van der Waals surface area contributed by atoms with E-state index in [4.69, 9.17) is 15.2 Å². The molecule has 100 valence electrons. The van der Waals surface area contributed by atoms with Gasteiger partial charge in [-0.3, -0.25) is 0 Å². The molecule has 1 fully saturated rings. The number of alkyl halides is 3. The molecule has 0 aliphatic carbocycles. The van der Waals surface area contributed by atoms with Crippen molar-refractivity contribution in [1.29, 1.82) is 0 Å². The van der Waals surface area contributed by atoms with Gasteiger partial charge in [0.2, 0.25) is 0 Å². The second kappa shape index (κ2) is 5.13. The van der Waals surface area contributed by atoms with Crippen molar-refractivity contribution < 1.29 is 27.4 Å². The van der Waals surface area contributed by atoms with E-state index < -0.39 is 12.7 Å². The number of rotatable bonds is 3. The second-order valence-electron chi connectivity index (χ2n) is 3.78. The van der Waals surface area contributed by atoms with Crippen LogP contribution >= 0.6 is 0 Å². The first-order valence-corrected chi connectivity index (χ1v) is 5.31. The lowest BCUT2D eigenvalue weighted by molar-refractivity contribution is -0.274. The summed E-state index contributed by atoms with van der Waals surface area (Å²) in [7, 11) is 0. The molecule has 0 aromatic heterocycles. The van der Waals surface area contributed by atoms with Gasteiger partial charge >= 0.3 is 6.36 Å². The fraction of sp³-hybridized carbons (Fsp3) is 0.455. The van der Waals surface area contributed by atoms with Gasteiger partial charge in [-0.1, -0.05) is 12.1 Å². The molecule has 4 nitrogen and oxygen atoms in total. The summed E-state index contributed by atoms with van der Waals surface area (Å²) in [4.78, 5) is 0. The van der Waals surface area contributed by atoms with Gasteiger partial charge in [0, 0.05) is 12.1 Å². The van der Waals surface area contributed by atoms with Gasteiger partial charge < -0.3 is 19.9 Å². The van der Waals surface area contributed by atoms with E-state index in [-0.39, 0.29) is 11.9 Å². The lowest BCUT2D eigenvalue weighted by atomic mass is 10.2. The van der Waals surface area contributed by atoms with Crippen molar-refractivity contribution >= 4 is 0 Å². The monoisotopic (exact) mass is 263 g/mol. The molecule has 0 spiro atoms. The molecule has 0 saturated carbocycles. The van der Waals surface area contributed by atoms with Crippen molar-refractivity contribution in [2.75, 3.05) is 13.2 Å². The van der Waals surface area contributed by atoms with Gasteiger partial charge in [0.05, 0.1) is 12.7 Å². The van der Waals surface area contributed by atoms with Crippen molar-refractivity contribution in [3.05, 3.63) is 29.8 Å². The molecule has 18 heavy (non-hydrogen) atoms. The van der Waals surface area contributed by atoms with Gasteiger partial charge in [-0.2, -0.15) is 0 Å². The van der Waals surface area contributed by atoms with Crippen molar-refractivity contribution in [1.82, 2.24) is 0 Å². The first kappa shape index (κ1) is 13.1. The Balaban J connectivity index is 2.08. The Hall–Kier alpha value is -1.31. The smallest absolute Gasteiger partial charge is 0.406 e. The third-order valence-corrected chi connectivity index (χ3v) is 2.38. The molecule has 7 heteroatoms. The minimum absolute atomic E-state index is 0.234. The zero-order chi connectivity index (χ0) is 13.2. The largest absolute Gasteiger partial charge is 0.573 e. The molecule has 2 rings (SSSR count). The third kappa shape index (κ3) is 3.34. The van der Waals surface area contributed by atoms with Crippen LogP contribution in [-0.2, 0) is 9.47 Å². The Bertz CT molecular complexity index is 411. The maximum absolute atomic E-state index is 12.1. The number of nitrogens with two attached hydrogens (primary N) is 1. The summed E-state index contributed by atoms with van der Waals surface area (Å²) < 4.78 is 50.7. The van der Waals surface area contributed by atoms with Gasteiger partial charge in [-0.05, 0) is 12.1 Å². The summed E-state index contributed by atoms with van der Waals surface area (Å²) in [5.41, 5.74) is 5.87. The summed E-state index contributed by atoms with van der Waals surface area (Å²) >= 11 is 0. The zero-order valence-corrected chi connectivity index (χ0v) is 9.31. The van der Waals surface area contributed by atoms with Crippen LogP contribution in [-0.4, -0.2) is 25.6 Å². The first-order valence-electron chi connectivity index (χ1n) is 5.31. The highest BCUT2D eigenvalue weighted by Crippen LogP contribution is 2.30. The predicted octanol–water partition coefficient (Wildman–Crippen LogP) is 1.96. The molecule has 0 amide bonds. The molecule has 1 heterocycles. The SMILES string of the molecule is NCC1COC(c2cccc(OC(F)(F)F)c2)O1. The highest BCUT2D eigenvalue weighted by molar-refractivity contribution is 5.29. The Morgan fingerprint density at radius 2 is 2.17 bits per heavy atom. The third-order valence-electron chi connectivity index (χ3n) is 2.38. The van der Waals surface area contributed by atoms with E-state index in [9.17, 15) is 13.2 Å². The van der Waals surface area contributed by atoms with E-state index in [0.717, 1.165) is 0 Å². The summed E-state index contributed by atoms with van der Waals surface area (Å²) in [6.07, 6.45) is -5.65. The van der Waals surface area contributed by atoms with Gasteiger partial charge in [0.15, 0.2) is 6.29 Å². The van der Waals surface area contributed by atoms with Gasteiger partial charge in [-0.25, -0.2) is 0 Å². The van der Waals surface area contributed by atoms with Crippen LogP contribution in [0.1, 0.15) is 11.9 Å². The van der Waals surface area contributed by atoms with Crippen LogP contribution in [0.25, 0.3) is 0 Å². The minimum Gasteiger partial charge on any atom is -0.406 e. The molecule has 1 aromatic rings. The lowest BCUT2D eigenvalue weighted by Crippen LogP contribution is -2.21. The molecule has 1 aliphatic rings. The maximum atomic E-state index is 12.1. The lowest BCUT2D eigenvalue weighted by Gasteiger charge is -2.13. The molecule has 1 saturated heterocycles. The quantitative estimate of drug-likeness (QED) is 0.905. The van der Waals surface area contributed by atoms with E-state index in [1.165, 1.54) is 18.2 Å². The molecule has 1 aromatic carbocycles. The summed E-state index contributed by atoms with van der Waals surface area (Å²) in [5, 5.41) is 0. The van der Waals surface area contributed by atoms with E-state index in [1.807, 2.05) is 0 Å². The number of benzene rings is 1. The molecule has 2 atom stereocenters. The van der Waals surface area contributed by atoms with Crippen molar-refractivity contribution in [2.24, 2.45) is 5.73 Å². The van der Waals surface area contributed by atoms with Gasteiger partial charge in [-0.15, -0.1) is 13.2 Å². The second-order valence-corrected chi connectivity index (χ2v) is 3.78. The van der Waals surface area contributed by atoms with Gasteiger partial charge in [0.1, 0.15) is 5.75 Å². The van der Waals surface area contributed by atoms with Crippen LogP contribution in [0.4, 0.5) is 13.2 Å². The van der Waals surface area contributed by atoms with Crippen molar-refractivity contribution in [2.45, 2.75) is 18.8 Å². The molecule has 0 bridgehead atoms. The topological polar surface area (TPSA) is 53.7 Å². The van der Waals surface area contributed by atoms with Gasteiger partial charge in [0.25, 0.3) is 0 Å². The van der Waals surface area contributed by atoms with E-state index >= 15 is 0 Å². The highest BCUT2D eigenvalue weighted by atomic mass is 19.4. The Labute approximate surface area is 101 Å². The zero-order valence-electron chi connectivity index (χ0n) is 9.31. The molecule has 1 aliphatic heterocycles. The highest BCUT2D eigenvalue weighted by Gasteiger charge is 2.32. The fourth-order valence-corrected chi connectivity index (χ4v) is 1.60. The Kier molecular flexibility index (Phi) is 3.74. The minimum atomic E-state index is -4.71. The van der Waals surface area contributed by atoms with Crippen LogP contribution in [0, 0.1) is 0 Å². The molecule has 2 N–H and O–H groups in total. The average molecular weight is 263 g/mol. The van der Waals surface area contributed by atoms with Crippen LogP contribution < -0.4 is 10.5 Å². The summed E-state index contributed by atoms with van der Waals surface area (Å²) in [6, 6.07) is 5.50. The predicted molar refractivity (Wildman–Crippen MR) is 55.7 cm³/mol. The van der Waals surface area contributed by atoms with Crippen LogP contribution in [0.2, 0.25) is 0 Å². The number of hydrogen-bond donors (Lipinski definition) is 1. The molecular formula is C11H12F3NO3. The Morgan fingerprint density at radius 3 is 2.78 bits per heavy atom. The van der Waals surface area contributed by atoms with E-state index in [0.29, 0.717) is 18.7 Å². The first-order chi connectivity index (χ1) is 8.48. The molecular weight excluding hydrogens is 251 g/mol. The summed E-state index contributed by atoms with van der Waals surface area (Å²) in [5.74, 6) is -0.302. The average Bonchev–Trinajstić information content (AvgIpc) is 2.75. The van der Waals surface area contributed by atoms with Crippen molar-refractivity contribution in [3.8, 4) is 5.75 Å². The van der Waals surface area contributed by atoms with E-state index in [2.05, 4.69) is 4.74 Å². The molecule has 0 radical (unpaired) electrons. The van der Waals surface area contributed by atoms with Crippen LogP contribution in [0.5, 0.6) is 5.75 Å². The van der Waals surface area contributed by atoms with Crippen LogP contribution in [0.15, 0.2) is 24.3 Å². The van der Waals surface area contributed by atoms with Crippen LogP contribution in [0.3, 0.4) is 0 Å². The Morgan fingerprint density at radius 1 is 1.39 bits per heavy atom. The van der Waals surface area contributed by atoms with E-state index in [1.54, 1.807) is 6.07 Å². The number of hydrogen-bond acceptors (Lipinski definition) is 4. The van der Waals surface area contributed by atoms with Crippen molar-refractivity contribution in [3.63, 3.8) is 0 Å². The number of halogens is 3.